The van der Waals surface area contributed by atoms with Gasteiger partial charge in [0.1, 0.15) is 5.75 Å². The van der Waals surface area contributed by atoms with Crippen LogP contribution in [0.25, 0.3) is 11.3 Å². The molecule has 0 spiro atoms. The van der Waals surface area contributed by atoms with E-state index in [1.807, 2.05) is 5.38 Å². The molecule has 6 nitrogen and oxygen atoms in total. The number of anilines is 1. The van der Waals surface area contributed by atoms with Crippen LogP contribution >= 0.6 is 11.3 Å². The molecule has 0 aliphatic carbocycles. The second-order valence-corrected chi connectivity index (χ2v) is 8.33. The third kappa shape index (κ3) is 6.16. The van der Waals surface area contributed by atoms with Gasteiger partial charge in [-0.05, 0) is 54.9 Å². The van der Waals surface area contributed by atoms with E-state index in [0.29, 0.717) is 18.8 Å². The number of halogens is 3. The van der Waals surface area contributed by atoms with Crippen LogP contribution in [0.1, 0.15) is 6.42 Å². The molecule has 0 amide bonds. The Kier molecular flexibility index (Phi) is 7.36. The molecule has 2 N–H and O–H groups in total. The number of alkyl halides is 3. The summed E-state index contributed by atoms with van der Waals surface area (Å²) in [7, 11) is 0. The quantitative estimate of drug-likeness (QED) is 0.542. The lowest BCUT2D eigenvalue weighted by atomic mass is 10.1. The molecule has 1 fully saturated rings. The minimum absolute atomic E-state index is 0.273. The highest BCUT2D eigenvalue weighted by Crippen LogP contribution is 2.27. The average molecular weight is 479 g/mol. The largest absolute Gasteiger partial charge is 0.573 e. The Morgan fingerprint density at radius 2 is 1.73 bits per heavy atom. The normalized spacial score (nSPS) is 15.2. The third-order valence-electron chi connectivity index (χ3n) is 5.22. The van der Waals surface area contributed by atoms with E-state index in [2.05, 4.69) is 43.5 Å². The number of thiazole rings is 1. The number of ether oxygens (including phenoxy) is 2. The fourth-order valence-corrected chi connectivity index (χ4v) is 4.57. The number of morpholine rings is 1. The molecule has 176 valence electrons. The number of hydrogen-bond acceptors (Lipinski definition) is 6. The molecular weight excluding hydrogens is 453 g/mol. The summed E-state index contributed by atoms with van der Waals surface area (Å²) >= 11 is 1.48. The van der Waals surface area contributed by atoms with Crippen molar-refractivity contribution < 1.29 is 22.6 Å². The number of nitrogens with zero attached hydrogens (tertiary/aromatic N) is 3. The van der Waals surface area contributed by atoms with Gasteiger partial charge in [0.05, 0.1) is 24.6 Å². The van der Waals surface area contributed by atoms with Crippen molar-refractivity contribution in [1.29, 1.82) is 0 Å². The third-order valence-corrected chi connectivity index (χ3v) is 6.08. The average Bonchev–Trinajstić information content (AvgIpc) is 3.21. The van der Waals surface area contributed by atoms with Gasteiger partial charge in [-0.3, -0.25) is 0 Å². The minimum Gasteiger partial charge on any atom is -0.406 e. The highest BCUT2D eigenvalue weighted by atomic mass is 32.1. The first-order valence-corrected chi connectivity index (χ1v) is 11.5. The maximum atomic E-state index is 12.4. The molecule has 1 aliphatic heterocycles. The van der Waals surface area contributed by atoms with Crippen molar-refractivity contribution in [1.82, 2.24) is 4.57 Å². The SMILES string of the molecule is NCCCn1c(-c2ccc(N3CCOCC3)cc2)cs/c1=N\c1ccc(OC(F)(F)F)cc1. The number of hydrogen-bond donors (Lipinski definition) is 1. The summed E-state index contributed by atoms with van der Waals surface area (Å²) < 4.78 is 48.6. The molecule has 0 bridgehead atoms. The Balaban J connectivity index is 1.61. The van der Waals surface area contributed by atoms with Gasteiger partial charge in [0.15, 0.2) is 4.80 Å². The van der Waals surface area contributed by atoms with Gasteiger partial charge < -0.3 is 24.7 Å². The van der Waals surface area contributed by atoms with Crippen molar-refractivity contribution >= 4 is 22.7 Å². The highest BCUT2D eigenvalue weighted by molar-refractivity contribution is 7.07. The van der Waals surface area contributed by atoms with Gasteiger partial charge in [-0.2, -0.15) is 0 Å². The second-order valence-electron chi connectivity index (χ2n) is 7.50. The zero-order valence-corrected chi connectivity index (χ0v) is 18.7. The zero-order valence-electron chi connectivity index (χ0n) is 17.9. The van der Waals surface area contributed by atoms with Gasteiger partial charge in [0, 0.05) is 30.7 Å². The fraction of sp³-hybridized carbons (Fsp3) is 0.348. The van der Waals surface area contributed by atoms with Gasteiger partial charge in [-0.25, -0.2) is 4.99 Å². The van der Waals surface area contributed by atoms with E-state index in [4.69, 9.17) is 10.5 Å². The minimum atomic E-state index is -4.72. The van der Waals surface area contributed by atoms with E-state index < -0.39 is 6.36 Å². The van der Waals surface area contributed by atoms with Crippen molar-refractivity contribution in [3.63, 3.8) is 0 Å². The zero-order chi connectivity index (χ0) is 23.3. The first kappa shape index (κ1) is 23.3. The topological polar surface area (TPSA) is 65.0 Å². The summed E-state index contributed by atoms with van der Waals surface area (Å²) in [6.45, 7) is 4.46. The monoisotopic (exact) mass is 478 g/mol. The van der Waals surface area contributed by atoms with Crippen LogP contribution in [0.2, 0.25) is 0 Å². The molecule has 1 saturated heterocycles. The van der Waals surface area contributed by atoms with Crippen LogP contribution in [0.15, 0.2) is 58.9 Å². The molecule has 0 atom stereocenters. The fourth-order valence-electron chi connectivity index (χ4n) is 3.61. The molecule has 2 heterocycles. The molecule has 2 aromatic carbocycles. The van der Waals surface area contributed by atoms with Gasteiger partial charge >= 0.3 is 6.36 Å². The summed E-state index contributed by atoms with van der Waals surface area (Å²) in [4.78, 5) is 7.70. The number of nitrogens with two attached hydrogens (primary N) is 1. The summed E-state index contributed by atoms with van der Waals surface area (Å²) in [5, 5.41) is 2.04. The van der Waals surface area contributed by atoms with Crippen molar-refractivity contribution in [2.45, 2.75) is 19.3 Å². The Bertz CT molecular complexity index is 1100. The van der Waals surface area contributed by atoms with Crippen molar-refractivity contribution in [2.24, 2.45) is 10.7 Å². The van der Waals surface area contributed by atoms with Crippen molar-refractivity contribution in [2.75, 3.05) is 37.7 Å². The maximum absolute atomic E-state index is 12.4. The Morgan fingerprint density at radius 3 is 2.36 bits per heavy atom. The molecular formula is C23H25F3N4O2S. The van der Waals surface area contributed by atoms with Crippen LogP contribution < -0.4 is 20.2 Å². The van der Waals surface area contributed by atoms with E-state index in [1.54, 1.807) is 0 Å². The molecule has 0 saturated carbocycles. The molecule has 0 unspecified atom stereocenters. The molecule has 4 rings (SSSR count). The number of aromatic nitrogens is 1. The van der Waals surface area contributed by atoms with Gasteiger partial charge in [-0.1, -0.05) is 12.1 Å². The van der Waals surface area contributed by atoms with E-state index in [9.17, 15) is 13.2 Å². The first-order chi connectivity index (χ1) is 15.9. The van der Waals surface area contributed by atoms with Crippen LogP contribution in [0, 0.1) is 0 Å². The highest BCUT2D eigenvalue weighted by Gasteiger charge is 2.30. The maximum Gasteiger partial charge on any atom is 0.573 e. The van der Waals surface area contributed by atoms with Gasteiger partial charge in [-0.15, -0.1) is 24.5 Å². The Labute approximate surface area is 193 Å². The van der Waals surface area contributed by atoms with E-state index >= 15 is 0 Å². The smallest absolute Gasteiger partial charge is 0.406 e. The summed E-state index contributed by atoms with van der Waals surface area (Å²) in [6.07, 6.45) is -3.94. The van der Waals surface area contributed by atoms with Gasteiger partial charge in [0.25, 0.3) is 0 Å². The molecule has 1 aromatic heterocycles. The van der Waals surface area contributed by atoms with Crippen molar-refractivity contribution in [3.05, 3.63) is 58.7 Å². The van der Waals surface area contributed by atoms with Crippen LogP contribution in [0.4, 0.5) is 24.5 Å². The Hall–Kier alpha value is -2.82. The summed E-state index contributed by atoms with van der Waals surface area (Å²) in [5.41, 5.74) is 9.54. The lowest BCUT2D eigenvalue weighted by Crippen LogP contribution is -2.36. The standard InChI is InChI=1S/C23H25F3N4O2S/c24-23(25,26)32-20-8-4-18(5-9-20)28-22-30(11-1-10-27)21(16-33-22)17-2-6-19(7-3-17)29-12-14-31-15-13-29/h2-9,16H,1,10-15,27H2/b28-22-. The van der Waals surface area contributed by atoms with Crippen LogP contribution in [-0.4, -0.2) is 43.8 Å². The molecule has 10 heteroatoms. The predicted molar refractivity (Wildman–Crippen MR) is 123 cm³/mol. The lowest BCUT2D eigenvalue weighted by Gasteiger charge is -2.28. The molecule has 33 heavy (non-hydrogen) atoms. The number of rotatable bonds is 7. The molecule has 0 radical (unpaired) electrons. The van der Waals surface area contributed by atoms with Crippen LogP contribution in [-0.2, 0) is 11.3 Å². The second kappa shape index (κ2) is 10.4. The van der Waals surface area contributed by atoms with E-state index in [0.717, 1.165) is 54.5 Å². The van der Waals surface area contributed by atoms with E-state index in [-0.39, 0.29) is 5.75 Å². The van der Waals surface area contributed by atoms with E-state index in [1.165, 1.54) is 35.6 Å². The summed E-state index contributed by atoms with van der Waals surface area (Å²) in [5.74, 6) is -0.273. The summed E-state index contributed by atoms with van der Waals surface area (Å²) in [6, 6.07) is 13.9. The molecule has 3 aromatic rings. The predicted octanol–water partition coefficient (Wildman–Crippen LogP) is 4.53. The van der Waals surface area contributed by atoms with Crippen LogP contribution in [0.3, 0.4) is 0 Å². The van der Waals surface area contributed by atoms with Gasteiger partial charge in [0.2, 0.25) is 0 Å². The number of benzene rings is 2. The van der Waals surface area contributed by atoms with Crippen molar-refractivity contribution in [3.8, 4) is 17.0 Å². The first-order valence-electron chi connectivity index (χ1n) is 10.6. The lowest BCUT2D eigenvalue weighted by molar-refractivity contribution is -0.274. The van der Waals surface area contributed by atoms with Crippen LogP contribution in [0.5, 0.6) is 5.75 Å². The Morgan fingerprint density at radius 1 is 1.03 bits per heavy atom. The molecule has 1 aliphatic rings.